The van der Waals surface area contributed by atoms with Crippen LogP contribution in [0.2, 0.25) is 0 Å². The summed E-state index contributed by atoms with van der Waals surface area (Å²) in [6.07, 6.45) is 9.37. The fourth-order valence-corrected chi connectivity index (χ4v) is 4.79. The van der Waals surface area contributed by atoms with Gasteiger partial charge in [-0.25, -0.2) is 15.2 Å². The molecule has 0 saturated carbocycles. The van der Waals surface area contributed by atoms with Gasteiger partial charge in [0.1, 0.15) is 11.6 Å². The summed E-state index contributed by atoms with van der Waals surface area (Å²) in [5.41, 5.74) is 5.82. The molecular formula is C29H38FN5O2. The molecule has 7 nitrogen and oxygen atoms in total. The summed E-state index contributed by atoms with van der Waals surface area (Å²) in [7, 11) is 1.67. The third kappa shape index (κ3) is 6.97. The van der Waals surface area contributed by atoms with Gasteiger partial charge in [-0.2, -0.15) is 0 Å². The van der Waals surface area contributed by atoms with Crippen LogP contribution in [0.15, 0.2) is 66.8 Å². The quantitative estimate of drug-likeness (QED) is 0.422. The zero-order valence-corrected chi connectivity index (χ0v) is 21.9. The maximum Gasteiger partial charge on any atom is 0.126 e. The van der Waals surface area contributed by atoms with Crippen molar-refractivity contribution >= 4 is 11.4 Å². The molecule has 0 aliphatic carbocycles. The maximum atomic E-state index is 14.0. The van der Waals surface area contributed by atoms with Gasteiger partial charge in [-0.1, -0.05) is 25.6 Å². The summed E-state index contributed by atoms with van der Waals surface area (Å²) in [4.78, 5) is 6.61. The van der Waals surface area contributed by atoms with Crippen LogP contribution in [0.1, 0.15) is 42.9 Å². The minimum Gasteiger partial charge on any atom is -0.383 e. The van der Waals surface area contributed by atoms with Gasteiger partial charge in [-0.3, -0.25) is 5.01 Å². The molecule has 0 bridgehead atoms. The van der Waals surface area contributed by atoms with E-state index in [0.717, 1.165) is 72.0 Å². The summed E-state index contributed by atoms with van der Waals surface area (Å²) < 4.78 is 24.8. The Morgan fingerprint density at radius 2 is 2.08 bits per heavy atom. The van der Waals surface area contributed by atoms with Gasteiger partial charge < -0.3 is 19.7 Å². The van der Waals surface area contributed by atoms with E-state index < -0.39 is 0 Å². The van der Waals surface area contributed by atoms with Crippen molar-refractivity contribution in [2.45, 2.75) is 45.2 Å². The lowest BCUT2D eigenvalue weighted by Gasteiger charge is -2.33. The van der Waals surface area contributed by atoms with Crippen LogP contribution in [0.5, 0.6) is 0 Å². The molecule has 37 heavy (non-hydrogen) atoms. The molecule has 2 aliphatic rings. The van der Waals surface area contributed by atoms with Crippen LogP contribution in [0, 0.1) is 5.82 Å². The van der Waals surface area contributed by atoms with Gasteiger partial charge >= 0.3 is 0 Å². The van der Waals surface area contributed by atoms with E-state index in [4.69, 9.17) is 15.3 Å². The minimum absolute atomic E-state index is 0.238. The molecule has 198 valence electrons. The molecule has 8 heteroatoms. The first-order chi connectivity index (χ1) is 18.0. The van der Waals surface area contributed by atoms with Crippen molar-refractivity contribution in [1.29, 1.82) is 0 Å². The second-order valence-electron chi connectivity index (χ2n) is 9.44. The minimum atomic E-state index is -0.238. The number of allylic oxidation sites excluding steroid dienone is 2. The smallest absolute Gasteiger partial charge is 0.126 e. The Hall–Kier alpha value is -3.20. The zero-order chi connectivity index (χ0) is 26.2. The van der Waals surface area contributed by atoms with Gasteiger partial charge in [0.05, 0.1) is 18.0 Å². The van der Waals surface area contributed by atoms with E-state index in [1.54, 1.807) is 18.2 Å². The van der Waals surface area contributed by atoms with Crippen LogP contribution in [-0.2, 0) is 22.4 Å². The third-order valence-electron chi connectivity index (χ3n) is 6.95. The lowest BCUT2D eigenvalue weighted by molar-refractivity contribution is 0.0904. The molecule has 1 fully saturated rings. The van der Waals surface area contributed by atoms with Crippen molar-refractivity contribution < 1.29 is 13.9 Å². The average molecular weight is 508 g/mol. The van der Waals surface area contributed by atoms with Crippen LogP contribution >= 0.6 is 0 Å². The monoisotopic (exact) mass is 507 g/mol. The Balaban J connectivity index is 1.47. The highest BCUT2D eigenvalue weighted by Gasteiger charge is 2.21. The van der Waals surface area contributed by atoms with Crippen molar-refractivity contribution in [2.75, 3.05) is 38.8 Å². The molecule has 0 spiro atoms. The second kappa shape index (κ2) is 12.9. The lowest BCUT2D eigenvalue weighted by Crippen LogP contribution is -2.35. The first kappa shape index (κ1) is 26.9. The topological polar surface area (TPSA) is 75.9 Å². The molecule has 0 radical (unpaired) electrons. The fraction of sp³-hybridized carbons (Fsp3) is 0.414. The molecule has 3 heterocycles. The van der Waals surface area contributed by atoms with E-state index in [1.807, 2.05) is 24.5 Å². The van der Waals surface area contributed by atoms with Gasteiger partial charge in [-0.05, 0) is 72.2 Å². The SMILES string of the molecule is C=C(C1=CCC(c2ccnc(NC3CCOCC3)c2)=CN1N)N(CCOC)Cc1cc(F)ccc1CC. The summed E-state index contributed by atoms with van der Waals surface area (Å²) in [6.45, 7) is 9.66. The predicted octanol–water partition coefficient (Wildman–Crippen LogP) is 4.84. The number of hydrogen-bond donors (Lipinski definition) is 2. The number of ether oxygens (including phenoxy) is 2. The highest BCUT2D eigenvalue weighted by atomic mass is 19.1. The molecule has 0 atom stereocenters. The molecular weight excluding hydrogens is 469 g/mol. The number of nitrogens with one attached hydrogen (secondary N) is 1. The van der Waals surface area contributed by atoms with Gasteiger partial charge in [-0.15, -0.1) is 0 Å². The van der Waals surface area contributed by atoms with Gasteiger partial charge in [0.2, 0.25) is 0 Å². The summed E-state index contributed by atoms with van der Waals surface area (Å²) >= 11 is 0. The van der Waals surface area contributed by atoms with E-state index in [0.29, 0.717) is 32.2 Å². The van der Waals surface area contributed by atoms with Crippen molar-refractivity contribution in [3.8, 4) is 0 Å². The first-order valence-corrected chi connectivity index (χ1v) is 12.9. The van der Waals surface area contributed by atoms with E-state index in [1.165, 1.54) is 6.07 Å². The number of pyridine rings is 1. The van der Waals surface area contributed by atoms with Crippen molar-refractivity contribution in [3.05, 3.63) is 89.3 Å². The van der Waals surface area contributed by atoms with Crippen LogP contribution in [0.3, 0.4) is 0 Å². The van der Waals surface area contributed by atoms with Crippen LogP contribution < -0.4 is 11.2 Å². The fourth-order valence-electron chi connectivity index (χ4n) is 4.79. The maximum absolute atomic E-state index is 14.0. The molecule has 0 unspecified atom stereocenters. The summed E-state index contributed by atoms with van der Waals surface area (Å²) in [5.74, 6) is 7.12. The average Bonchev–Trinajstić information content (AvgIpc) is 2.91. The van der Waals surface area contributed by atoms with Crippen molar-refractivity contribution in [3.63, 3.8) is 0 Å². The van der Waals surface area contributed by atoms with Crippen LogP contribution in [-0.4, -0.2) is 54.4 Å². The Bertz CT molecular complexity index is 1140. The Kier molecular flexibility index (Phi) is 9.33. The third-order valence-corrected chi connectivity index (χ3v) is 6.95. The van der Waals surface area contributed by atoms with E-state index in [-0.39, 0.29) is 5.82 Å². The number of hydrazine groups is 1. The van der Waals surface area contributed by atoms with Crippen molar-refractivity contribution in [1.82, 2.24) is 14.9 Å². The van der Waals surface area contributed by atoms with E-state index in [9.17, 15) is 4.39 Å². The molecule has 4 rings (SSSR count). The normalized spacial score (nSPS) is 16.3. The standard InChI is InChI=1S/C29H38FN5O2/c1-4-22-5-7-26(30)17-25(22)19-34(13-16-36-3)21(2)28-8-6-24(20-35(28)31)23-9-12-32-29(18-23)33-27-10-14-37-15-11-27/h5,7-9,12,17-18,20,27H,2,4,6,10-11,13-16,19,31H2,1,3H3,(H,32,33). The number of aryl methyl sites for hydroxylation is 1. The largest absolute Gasteiger partial charge is 0.383 e. The number of methoxy groups -OCH3 is 1. The number of aromatic nitrogens is 1. The number of rotatable bonds is 11. The zero-order valence-electron chi connectivity index (χ0n) is 21.9. The molecule has 1 saturated heterocycles. The Morgan fingerprint density at radius 1 is 1.27 bits per heavy atom. The Labute approximate surface area is 219 Å². The second-order valence-corrected chi connectivity index (χ2v) is 9.44. The molecule has 3 N–H and O–H groups in total. The molecule has 0 amide bonds. The number of hydrogen-bond acceptors (Lipinski definition) is 7. The summed E-state index contributed by atoms with van der Waals surface area (Å²) in [6, 6.07) is 9.42. The highest BCUT2D eigenvalue weighted by molar-refractivity contribution is 5.70. The molecule has 1 aromatic carbocycles. The number of halogens is 1. The van der Waals surface area contributed by atoms with Gasteiger partial charge in [0.25, 0.3) is 0 Å². The predicted molar refractivity (Wildman–Crippen MR) is 146 cm³/mol. The van der Waals surface area contributed by atoms with Crippen LogP contribution in [0.25, 0.3) is 5.57 Å². The van der Waals surface area contributed by atoms with E-state index in [2.05, 4.69) is 40.8 Å². The van der Waals surface area contributed by atoms with Gasteiger partial charge in [0, 0.05) is 51.9 Å². The first-order valence-electron chi connectivity index (χ1n) is 12.9. The van der Waals surface area contributed by atoms with Gasteiger partial charge in [0.15, 0.2) is 0 Å². The molecule has 1 aromatic heterocycles. The number of anilines is 1. The Morgan fingerprint density at radius 3 is 2.81 bits per heavy atom. The lowest BCUT2D eigenvalue weighted by atomic mass is 10.00. The number of nitrogens with two attached hydrogens (primary N) is 1. The number of benzene rings is 1. The van der Waals surface area contributed by atoms with Crippen molar-refractivity contribution in [2.24, 2.45) is 5.84 Å². The van der Waals surface area contributed by atoms with Crippen LogP contribution in [0.4, 0.5) is 10.2 Å². The summed E-state index contributed by atoms with van der Waals surface area (Å²) in [5, 5.41) is 5.16. The van der Waals surface area contributed by atoms with E-state index >= 15 is 0 Å². The number of nitrogens with zero attached hydrogens (tertiary/aromatic N) is 3. The molecule has 2 aromatic rings. The highest BCUT2D eigenvalue weighted by Crippen LogP contribution is 2.30. The molecule has 2 aliphatic heterocycles.